The standard InChI is InChI=1S/C22H25N5O2/c1-15-6-5-10-26(14-15)22(29)19-18-9-2-3-11-27(18)20(25-19)21(28)24-17-8-4-7-16(12-17)13-23/h4,7-8,12,15H,2-3,5-6,9-11,14H2,1H3,(H,24,28). The number of piperidine rings is 1. The summed E-state index contributed by atoms with van der Waals surface area (Å²) >= 11 is 0. The first kappa shape index (κ1) is 19.2. The van der Waals surface area contributed by atoms with Crippen LogP contribution in [0.5, 0.6) is 0 Å². The molecule has 0 aliphatic carbocycles. The van der Waals surface area contributed by atoms with Crippen LogP contribution in [-0.2, 0) is 13.0 Å². The summed E-state index contributed by atoms with van der Waals surface area (Å²) in [5.41, 5.74) is 2.31. The molecule has 4 rings (SSSR count). The van der Waals surface area contributed by atoms with Crippen LogP contribution in [0.15, 0.2) is 24.3 Å². The first-order valence-corrected chi connectivity index (χ1v) is 10.3. The van der Waals surface area contributed by atoms with E-state index in [4.69, 9.17) is 5.26 Å². The lowest BCUT2D eigenvalue weighted by Crippen LogP contribution is -2.39. The Bertz CT molecular complexity index is 988. The molecule has 0 spiro atoms. The predicted molar refractivity (Wildman–Crippen MR) is 109 cm³/mol. The van der Waals surface area contributed by atoms with E-state index < -0.39 is 0 Å². The number of benzene rings is 1. The lowest BCUT2D eigenvalue weighted by Gasteiger charge is -2.30. The van der Waals surface area contributed by atoms with E-state index in [0.717, 1.165) is 50.9 Å². The average Bonchev–Trinajstić information content (AvgIpc) is 3.13. The number of amides is 2. The van der Waals surface area contributed by atoms with Crippen LogP contribution in [0.3, 0.4) is 0 Å². The van der Waals surface area contributed by atoms with Crippen LogP contribution in [-0.4, -0.2) is 39.4 Å². The molecule has 1 N–H and O–H groups in total. The van der Waals surface area contributed by atoms with Gasteiger partial charge in [0.2, 0.25) is 0 Å². The molecule has 1 aromatic heterocycles. The van der Waals surface area contributed by atoms with Gasteiger partial charge in [-0.25, -0.2) is 4.98 Å². The second kappa shape index (κ2) is 8.08. The van der Waals surface area contributed by atoms with Crippen molar-refractivity contribution in [1.29, 1.82) is 5.26 Å². The molecule has 0 saturated carbocycles. The molecule has 1 atom stereocenters. The van der Waals surface area contributed by atoms with Crippen LogP contribution in [0.4, 0.5) is 5.69 Å². The monoisotopic (exact) mass is 391 g/mol. The van der Waals surface area contributed by atoms with Gasteiger partial charge in [0.15, 0.2) is 5.82 Å². The van der Waals surface area contributed by atoms with Crippen molar-refractivity contribution in [3.8, 4) is 6.07 Å². The SMILES string of the molecule is CC1CCCN(C(=O)c2nc(C(=O)Nc3cccc(C#N)c3)n3c2CCCC3)C1. The number of fused-ring (bicyclic) bond motifs is 1. The number of likely N-dealkylation sites (tertiary alicyclic amines) is 1. The largest absolute Gasteiger partial charge is 0.337 e. The Kier molecular flexibility index (Phi) is 5.34. The third-order valence-corrected chi connectivity index (χ3v) is 5.72. The minimum atomic E-state index is -0.352. The van der Waals surface area contributed by atoms with E-state index in [-0.39, 0.29) is 17.6 Å². The molecule has 150 valence electrons. The Morgan fingerprint density at radius 3 is 2.90 bits per heavy atom. The maximum Gasteiger partial charge on any atom is 0.291 e. The zero-order chi connectivity index (χ0) is 20.4. The zero-order valence-corrected chi connectivity index (χ0v) is 16.6. The lowest BCUT2D eigenvalue weighted by atomic mass is 9.99. The quantitative estimate of drug-likeness (QED) is 0.870. The number of nitriles is 1. The van der Waals surface area contributed by atoms with Gasteiger partial charge in [-0.3, -0.25) is 9.59 Å². The highest BCUT2D eigenvalue weighted by Crippen LogP contribution is 2.25. The van der Waals surface area contributed by atoms with Gasteiger partial charge in [0.1, 0.15) is 5.69 Å². The minimum Gasteiger partial charge on any atom is -0.337 e. The number of aromatic nitrogens is 2. The highest BCUT2D eigenvalue weighted by molar-refractivity contribution is 6.03. The number of hydrogen-bond acceptors (Lipinski definition) is 4. The van der Waals surface area contributed by atoms with E-state index in [1.54, 1.807) is 24.3 Å². The molecule has 1 unspecified atom stereocenters. The Morgan fingerprint density at radius 1 is 1.24 bits per heavy atom. The van der Waals surface area contributed by atoms with Crippen molar-refractivity contribution < 1.29 is 9.59 Å². The minimum absolute atomic E-state index is 0.0623. The van der Waals surface area contributed by atoms with Crippen molar-refractivity contribution in [1.82, 2.24) is 14.5 Å². The Hall–Kier alpha value is -3.14. The maximum atomic E-state index is 13.2. The molecular formula is C22H25N5O2. The summed E-state index contributed by atoms with van der Waals surface area (Å²) in [4.78, 5) is 32.5. The number of hydrogen-bond donors (Lipinski definition) is 1. The number of carbonyl (C=O) groups is 2. The molecule has 29 heavy (non-hydrogen) atoms. The molecule has 2 aliphatic rings. The summed E-state index contributed by atoms with van der Waals surface area (Å²) in [7, 11) is 0. The molecule has 2 aromatic rings. The van der Waals surface area contributed by atoms with Crippen LogP contribution in [0, 0.1) is 17.2 Å². The van der Waals surface area contributed by atoms with E-state index in [2.05, 4.69) is 23.3 Å². The molecule has 0 bridgehead atoms. The van der Waals surface area contributed by atoms with Gasteiger partial charge in [-0.1, -0.05) is 13.0 Å². The molecule has 1 fully saturated rings. The molecule has 0 radical (unpaired) electrons. The zero-order valence-electron chi connectivity index (χ0n) is 16.6. The van der Waals surface area contributed by atoms with Gasteiger partial charge in [-0.2, -0.15) is 5.26 Å². The third kappa shape index (κ3) is 3.88. The molecule has 7 nitrogen and oxygen atoms in total. The lowest BCUT2D eigenvalue weighted by molar-refractivity contribution is 0.0676. The molecule has 3 heterocycles. The van der Waals surface area contributed by atoms with Gasteiger partial charge in [-0.15, -0.1) is 0 Å². The first-order valence-electron chi connectivity index (χ1n) is 10.3. The molecular weight excluding hydrogens is 366 g/mol. The average molecular weight is 391 g/mol. The Morgan fingerprint density at radius 2 is 2.10 bits per heavy atom. The van der Waals surface area contributed by atoms with Gasteiger partial charge in [-0.05, 0) is 56.2 Å². The Labute approximate surface area is 170 Å². The molecule has 2 aliphatic heterocycles. The normalized spacial score (nSPS) is 18.6. The molecule has 1 saturated heterocycles. The van der Waals surface area contributed by atoms with Gasteiger partial charge >= 0.3 is 0 Å². The van der Waals surface area contributed by atoms with Crippen LogP contribution in [0.1, 0.15) is 65.0 Å². The van der Waals surface area contributed by atoms with Gasteiger partial charge in [0, 0.05) is 25.3 Å². The second-order valence-electron chi connectivity index (χ2n) is 7.98. The maximum absolute atomic E-state index is 13.2. The topological polar surface area (TPSA) is 91.0 Å². The number of nitrogens with one attached hydrogen (secondary N) is 1. The summed E-state index contributed by atoms with van der Waals surface area (Å²) in [6.45, 7) is 4.34. The van der Waals surface area contributed by atoms with Crippen molar-refractivity contribution in [2.75, 3.05) is 18.4 Å². The fourth-order valence-electron chi connectivity index (χ4n) is 4.26. The Balaban J connectivity index is 1.63. The summed E-state index contributed by atoms with van der Waals surface area (Å²) < 4.78 is 1.90. The number of carbonyl (C=O) groups excluding carboxylic acids is 2. The van der Waals surface area contributed by atoms with Crippen LogP contribution < -0.4 is 5.32 Å². The van der Waals surface area contributed by atoms with Crippen molar-refractivity contribution in [2.45, 2.75) is 45.6 Å². The van der Waals surface area contributed by atoms with E-state index in [1.807, 2.05) is 9.47 Å². The molecule has 1 aromatic carbocycles. The smallest absolute Gasteiger partial charge is 0.291 e. The van der Waals surface area contributed by atoms with Crippen LogP contribution in [0.25, 0.3) is 0 Å². The summed E-state index contributed by atoms with van der Waals surface area (Å²) in [6, 6.07) is 8.83. The summed E-state index contributed by atoms with van der Waals surface area (Å²) in [5.74, 6) is 0.346. The van der Waals surface area contributed by atoms with E-state index >= 15 is 0 Å². The molecule has 2 amide bonds. The van der Waals surface area contributed by atoms with Gasteiger partial charge in [0.05, 0.1) is 17.3 Å². The number of anilines is 1. The summed E-state index contributed by atoms with van der Waals surface area (Å²) in [5, 5.41) is 11.9. The second-order valence-corrected chi connectivity index (χ2v) is 7.98. The van der Waals surface area contributed by atoms with E-state index in [0.29, 0.717) is 29.4 Å². The highest BCUT2D eigenvalue weighted by atomic mass is 16.2. The van der Waals surface area contributed by atoms with Gasteiger partial charge in [0.25, 0.3) is 11.8 Å². The van der Waals surface area contributed by atoms with Crippen molar-refractivity contribution >= 4 is 17.5 Å². The predicted octanol–water partition coefficient (Wildman–Crippen LogP) is 3.22. The van der Waals surface area contributed by atoms with Crippen LogP contribution in [0.2, 0.25) is 0 Å². The molecule has 7 heteroatoms. The van der Waals surface area contributed by atoms with E-state index in [1.165, 1.54) is 0 Å². The van der Waals surface area contributed by atoms with Crippen LogP contribution >= 0.6 is 0 Å². The van der Waals surface area contributed by atoms with Crippen molar-refractivity contribution in [2.24, 2.45) is 5.92 Å². The van der Waals surface area contributed by atoms with Crippen molar-refractivity contribution in [3.05, 3.63) is 47.0 Å². The van der Waals surface area contributed by atoms with Gasteiger partial charge < -0.3 is 14.8 Å². The first-order chi connectivity index (χ1) is 14.1. The van der Waals surface area contributed by atoms with E-state index in [9.17, 15) is 9.59 Å². The number of nitrogens with zero attached hydrogens (tertiary/aromatic N) is 4. The third-order valence-electron chi connectivity index (χ3n) is 5.72. The summed E-state index contributed by atoms with van der Waals surface area (Å²) in [6.07, 6.45) is 4.86. The fourth-order valence-corrected chi connectivity index (χ4v) is 4.26. The number of rotatable bonds is 3. The number of imidazole rings is 1. The fraction of sp³-hybridized carbons (Fsp3) is 0.455. The van der Waals surface area contributed by atoms with Crippen molar-refractivity contribution in [3.63, 3.8) is 0 Å². The highest BCUT2D eigenvalue weighted by Gasteiger charge is 2.31.